The third-order valence-electron chi connectivity index (χ3n) is 2.75. The first-order chi connectivity index (χ1) is 7.67. The highest BCUT2D eigenvalue weighted by Gasteiger charge is 2.22. The summed E-state index contributed by atoms with van der Waals surface area (Å²) < 4.78 is 0. The van der Waals surface area contributed by atoms with Crippen LogP contribution >= 0.6 is 0 Å². The molecule has 3 nitrogen and oxygen atoms in total. The van der Waals surface area contributed by atoms with Gasteiger partial charge in [0.2, 0.25) is 0 Å². The van der Waals surface area contributed by atoms with Crippen molar-refractivity contribution < 1.29 is 9.59 Å². The molecule has 0 aliphatic carbocycles. The van der Waals surface area contributed by atoms with Crippen LogP contribution in [-0.2, 0) is 9.59 Å². The van der Waals surface area contributed by atoms with Crippen LogP contribution in [0.2, 0.25) is 0 Å². The number of hydrogen-bond acceptors (Lipinski definition) is 3. The first-order valence-electron chi connectivity index (χ1n) is 6.43. The van der Waals surface area contributed by atoms with Gasteiger partial charge in [-0.05, 0) is 32.4 Å². The predicted molar refractivity (Wildman–Crippen MR) is 66.5 cm³/mol. The first-order valence-corrected chi connectivity index (χ1v) is 6.43. The third-order valence-corrected chi connectivity index (χ3v) is 2.75. The number of hydrogen-bond donors (Lipinski definition) is 1. The van der Waals surface area contributed by atoms with Crippen molar-refractivity contribution in [3.63, 3.8) is 0 Å². The molecule has 0 radical (unpaired) electrons. The number of ketones is 2. The fourth-order valence-electron chi connectivity index (χ4n) is 1.73. The van der Waals surface area contributed by atoms with E-state index in [-0.39, 0.29) is 17.5 Å². The molecule has 0 unspecified atom stereocenters. The van der Waals surface area contributed by atoms with Gasteiger partial charge >= 0.3 is 0 Å². The summed E-state index contributed by atoms with van der Waals surface area (Å²) in [6, 6.07) is 0. The molecule has 0 spiro atoms. The Morgan fingerprint density at radius 1 is 1.00 bits per heavy atom. The smallest absolute Gasteiger partial charge is 0.143 e. The van der Waals surface area contributed by atoms with Gasteiger partial charge < -0.3 is 5.32 Å². The zero-order valence-corrected chi connectivity index (χ0v) is 10.8. The molecule has 0 bridgehead atoms. The fraction of sp³-hybridized carbons (Fsp3) is 0.846. The van der Waals surface area contributed by atoms with E-state index in [9.17, 15) is 9.59 Å². The number of Topliss-reactive ketones (excluding diaryl/α,β-unsaturated/α-hetero) is 2. The van der Waals surface area contributed by atoms with Crippen LogP contribution in [-0.4, -0.2) is 24.7 Å². The minimum absolute atomic E-state index is 0.0994. The molecular weight excluding hydrogens is 202 g/mol. The average molecular weight is 227 g/mol. The van der Waals surface area contributed by atoms with Gasteiger partial charge in [0.1, 0.15) is 11.6 Å². The Labute approximate surface area is 99.0 Å². The molecule has 0 aromatic carbocycles. The van der Waals surface area contributed by atoms with Gasteiger partial charge in [0, 0.05) is 12.8 Å². The van der Waals surface area contributed by atoms with Gasteiger partial charge in [-0.2, -0.15) is 0 Å². The minimum Gasteiger partial charge on any atom is -0.317 e. The zero-order valence-electron chi connectivity index (χ0n) is 10.8. The standard InChI is InChI=1S/C13H25NO2/c1-4-9-14-10-7-8-11(12(15)5-2)13(16)6-3/h11,14H,4-10H2,1-3H3. The summed E-state index contributed by atoms with van der Waals surface area (Å²) in [5, 5.41) is 3.28. The monoisotopic (exact) mass is 227 g/mol. The molecule has 0 aliphatic heterocycles. The van der Waals surface area contributed by atoms with E-state index in [0.717, 1.165) is 25.9 Å². The molecule has 0 heterocycles. The lowest BCUT2D eigenvalue weighted by Crippen LogP contribution is -2.25. The number of nitrogens with one attached hydrogen (secondary N) is 1. The van der Waals surface area contributed by atoms with Crippen LogP contribution in [0.3, 0.4) is 0 Å². The van der Waals surface area contributed by atoms with E-state index in [1.807, 2.05) is 13.8 Å². The molecule has 0 aliphatic rings. The molecule has 0 amide bonds. The summed E-state index contributed by atoms with van der Waals surface area (Å²) in [4.78, 5) is 23.2. The normalized spacial score (nSPS) is 10.8. The number of carbonyl (C=O) groups is 2. The van der Waals surface area contributed by atoms with E-state index in [1.165, 1.54) is 0 Å². The predicted octanol–water partition coefficient (Wildman–Crippen LogP) is 2.34. The van der Waals surface area contributed by atoms with E-state index < -0.39 is 0 Å². The van der Waals surface area contributed by atoms with Crippen molar-refractivity contribution in [1.82, 2.24) is 5.32 Å². The van der Waals surface area contributed by atoms with Gasteiger partial charge in [0.15, 0.2) is 0 Å². The minimum atomic E-state index is -0.349. The summed E-state index contributed by atoms with van der Waals surface area (Å²) >= 11 is 0. The maximum atomic E-state index is 11.6. The Kier molecular flexibility index (Phi) is 9.10. The quantitative estimate of drug-likeness (QED) is 0.460. The van der Waals surface area contributed by atoms with Crippen LogP contribution < -0.4 is 5.32 Å². The van der Waals surface area contributed by atoms with Crippen LogP contribution in [0.15, 0.2) is 0 Å². The molecule has 1 N–H and O–H groups in total. The molecule has 94 valence electrons. The molecule has 0 atom stereocenters. The van der Waals surface area contributed by atoms with Crippen molar-refractivity contribution in [1.29, 1.82) is 0 Å². The highest BCUT2D eigenvalue weighted by atomic mass is 16.1. The van der Waals surface area contributed by atoms with Gasteiger partial charge in [-0.3, -0.25) is 9.59 Å². The maximum Gasteiger partial charge on any atom is 0.143 e. The second-order valence-corrected chi connectivity index (χ2v) is 4.08. The lowest BCUT2D eigenvalue weighted by molar-refractivity contribution is -0.132. The van der Waals surface area contributed by atoms with Crippen molar-refractivity contribution in [2.24, 2.45) is 5.92 Å². The molecule has 0 aromatic heterocycles. The molecule has 0 saturated carbocycles. The molecule has 16 heavy (non-hydrogen) atoms. The summed E-state index contributed by atoms with van der Waals surface area (Å²) in [6.07, 6.45) is 3.67. The Morgan fingerprint density at radius 3 is 2.00 bits per heavy atom. The Hall–Kier alpha value is -0.700. The highest BCUT2D eigenvalue weighted by Crippen LogP contribution is 2.13. The Bertz CT molecular complexity index is 198. The van der Waals surface area contributed by atoms with E-state index in [2.05, 4.69) is 12.2 Å². The van der Waals surface area contributed by atoms with Crippen LogP contribution in [0.5, 0.6) is 0 Å². The highest BCUT2D eigenvalue weighted by molar-refractivity contribution is 6.02. The topological polar surface area (TPSA) is 46.2 Å². The molecular formula is C13H25NO2. The third kappa shape index (κ3) is 6.01. The average Bonchev–Trinajstić information content (AvgIpc) is 2.32. The van der Waals surface area contributed by atoms with Gasteiger partial charge in [-0.25, -0.2) is 0 Å². The molecule has 0 saturated heterocycles. The van der Waals surface area contributed by atoms with E-state index in [1.54, 1.807) is 0 Å². The van der Waals surface area contributed by atoms with Crippen molar-refractivity contribution in [2.75, 3.05) is 13.1 Å². The largest absolute Gasteiger partial charge is 0.317 e. The first kappa shape index (κ1) is 15.3. The van der Waals surface area contributed by atoms with Crippen molar-refractivity contribution in [2.45, 2.75) is 52.9 Å². The lowest BCUT2D eigenvalue weighted by atomic mass is 9.91. The molecule has 0 aromatic rings. The van der Waals surface area contributed by atoms with Crippen molar-refractivity contribution in [3.8, 4) is 0 Å². The maximum absolute atomic E-state index is 11.6. The van der Waals surface area contributed by atoms with Crippen LogP contribution in [0, 0.1) is 5.92 Å². The zero-order chi connectivity index (χ0) is 12.4. The van der Waals surface area contributed by atoms with Crippen LogP contribution in [0.25, 0.3) is 0 Å². The van der Waals surface area contributed by atoms with E-state index in [0.29, 0.717) is 19.3 Å². The number of rotatable bonds is 10. The molecule has 0 fully saturated rings. The summed E-state index contributed by atoms with van der Waals surface area (Å²) in [5.41, 5.74) is 0. The SMILES string of the molecule is CCCNCCCC(C(=O)CC)C(=O)CC. The second kappa shape index (κ2) is 9.52. The second-order valence-electron chi connectivity index (χ2n) is 4.08. The summed E-state index contributed by atoms with van der Waals surface area (Å²) in [7, 11) is 0. The van der Waals surface area contributed by atoms with Crippen molar-refractivity contribution in [3.05, 3.63) is 0 Å². The fourth-order valence-corrected chi connectivity index (χ4v) is 1.73. The van der Waals surface area contributed by atoms with Crippen LogP contribution in [0.1, 0.15) is 52.9 Å². The van der Waals surface area contributed by atoms with Gasteiger partial charge in [0.25, 0.3) is 0 Å². The van der Waals surface area contributed by atoms with E-state index >= 15 is 0 Å². The van der Waals surface area contributed by atoms with Crippen molar-refractivity contribution >= 4 is 11.6 Å². The van der Waals surface area contributed by atoms with Crippen LogP contribution in [0.4, 0.5) is 0 Å². The van der Waals surface area contributed by atoms with E-state index in [4.69, 9.17) is 0 Å². The number of carbonyl (C=O) groups excluding carboxylic acids is 2. The Balaban J connectivity index is 3.93. The Morgan fingerprint density at radius 2 is 1.56 bits per heavy atom. The lowest BCUT2D eigenvalue weighted by Gasteiger charge is -2.13. The molecule has 0 rings (SSSR count). The summed E-state index contributed by atoms with van der Waals surface area (Å²) in [6.45, 7) is 7.69. The molecule has 3 heteroatoms. The van der Waals surface area contributed by atoms with Gasteiger partial charge in [-0.15, -0.1) is 0 Å². The summed E-state index contributed by atoms with van der Waals surface area (Å²) in [5.74, 6) is -0.150. The van der Waals surface area contributed by atoms with Gasteiger partial charge in [-0.1, -0.05) is 20.8 Å². The van der Waals surface area contributed by atoms with Gasteiger partial charge in [0.05, 0.1) is 5.92 Å².